The number of nitrogens with two attached hydrogens (primary N) is 2. The lowest BCUT2D eigenvalue weighted by molar-refractivity contribution is -0.232. The van der Waals surface area contributed by atoms with Gasteiger partial charge in [-0.2, -0.15) is 0 Å². The van der Waals surface area contributed by atoms with E-state index in [9.17, 15) is 54.3 Å². The number of amides is 5. The van der Waals surface area contributed by atoms with E-state index < -0.39 is 117 Å². The highest BCUT2D eigenvalue weighted by molar-refractivity contribution is 5.97. The molecule has 50 heavy (non-hydrogen) atoms. The molecule has 276 valence electrons. The summed E-state index contributed by atoms with van der Waals surface area (Å²) in [5, 5.41) is 60.0. The van der Waals surface area contributed by atoms with E-state index in [-0.39, 0.29) is 31.8 Å². The van der Waals surface area contributed by atoms with Crippen LogP contribution in [0.25, 0.3) is 0 Å². The second kappa shape index (κ2) is 18.8. The highest BCUT2D eigenvalue weighted by Crippen LogP contribution is 2.22. The third-order valence-corrected chi connectivity index (χ3v) is 7.99. The number of aliphatic hydroxyl groups is 4. The maximum atomic E-state index is 14.3. The monoisotopic (exact) mass is 708 g/mol. The first-order valence-corrected chi connectivity index (χ1v) is 15.8. The van der Waals surface area contributed by atoms with E-state index in [1.54, 1.807) is 30.3 Å². The van der Waals surface area contributed by atoms with Crippen molar-refractivity contribution in [3.63, 3.8) is 0 Å². The van der Waals surface area contributed by atoms with Crippen LogP contribution in [0.3, 0.4) is 0 Å². The third kappa shape index (κ3) is 11.6. The molecule has 0 aromatic heterocycles. The minimum atomic E-state index is -1.81. The van der Waals surface area contributed by atoms with Crippen molar-refractivity contribution in [2.45, 2.75) is 74.3 Å². The van der Waals surface area contributed by atoms with Crippen LogP contribution in [0.5, 0.6) is 0 Å². The van der Waals surface area contributed by atoms with E-state index >= 15 is 0 Å². The van der Waals surface area contributed by atoms with Gasteiger partial charge in [-0.15, -0.1) is 0 Å². The fraction of sp³-hybridized carbons (Fsp3) is 0.567. The third-order valence-electron chi connectivity index (χ3n) is 7.99. The van der Waals surface area contributed by atoms with E-state index in [0.29, 0.717) is 5.56 Å². The van der Waals surface area contributed by atoms with Crippen LogP contribution in [0.2, 0.25) is 0 Å². The Balaban J connectivity index is 2.04. The molecule has 2 saturated heterocycles. The van der Waals surface area contributed by atoms with E-state index in [2.05, 4.69) is 26.3 Å². The topological polar surface area (TPSA) is 329 Å². The molecule has 1 aromatic carbocycles. The van der Waals surface area contributed by atoms with Gasteiger partial charge in [0.05, 0.1) is 32.7 Å². The Hall–Kier alpha value is -4.89. The van der Waals surface area contributed by atoms with Crippen LogP contribution < -0.4 is 32.7 Å². The average molecular weight is 709 g/mol. The minimum Gasteiger partial charge on any atom is -0.481 e. The summed E-state index contributed by atoms with van der Waals surface area (Å²) < 4.78 is 5.58. The number of aliphatic carboxylic acids is 1. The normalized spacial score (nSPS) is 28.6. The molecular weight excluding hydrogens is 664 g/mol. The van der Waals surface area contributed by atoms with Crippen LogP contribution in [0.1, 0.15) is 24.8 Å². The number of nitrogens with zero attached hydrogens (tertiary/aromatic N) is 2. The van der Waals surface area contributed by atoms with Gasteiger partial charge in [0.25, 0.3) is 0 Å². The van der Waals surface area contributed by atoms with Crippen molar-refractivity contribution >= 4 is 41.5 Å². The standard InChI is InChI=1S/C30H44N8O12/c31-30(32)33-8-4-7-16-27(47)34-11-21(40)36-17(10-23(42)43)28(48)37-18(9-15-5-2-1-3-6-15)29(49)38(13-22(41)35-16)12-19-24(44)26(46)25(45)20(14-39)50-19/h1-3,5-6,16-20,24-26,39,44-46H,4,7-14H2,(H,34,47)(H,35,41)(H,36,40)(H,37,48)(H,42,43)(H4,31,32,33)/t16-,17-,18+,19+,20-,24+,25-,26-/m0/s1. The fourth-order valence-electron chi connectivity index (χ4n) is 5.43. The van der Waals surface area contributed by atoms with Gasteiger partial charge in [0.1, 0.15) is 48.6 Å². The van der Waals surface area contributed by atoms with Gasteiger partial charge in [0.2, 0.25) is 29.5 Å². The molecule has 0 spiro atoms. The number of hydrogen-bond donors (Lipinski definition) is 11. The second-order valence-electron chi connectivity index (χ2n) is 11.8. The Labute approximate surface area is 286 Å². The smallest absolute Gasteiger partial charge is 0.305 e. The average Bonchev–Trinajstić information content (AvgIpc) is 3.07. The maximum Gasteiger partial charge on any atom is 0.305 e. The molecule has 0 aliphatic carbocycles. The Morgan fingerprint density at radius 3 is 2.18 bits per heavy atom. The van der Waals surface area contributed by atoms with Gasteiger partial charge in [-0.05, 0) is 18.4 Å². The Bertz CT molecular complexity index is 1390. The number of nitrogens with one attached hydrogen (secondary N) is 4. The molecule has 20 heteroatoms. The highest BCUT2D eigenvalue weighted by atomic mass is 16.5. The summed E-state index contributed by atoms with van der Waals surface area (Å²) in [5.74, 6) is -6.32. The lowest BCUT2D eigenvalue weighted by atomic mass is 9.94. The highest BCUT2D eigenvalue weighted by Gasteiger charge is 2.45. The molecule has 1 aromatic rings. The van der Waals surface area contributed by atoms with E-state index in [0.717, 1.165) is 4.90 Å². The molecule has 0 radical (unpaired) electrons. The summed E-state index contributed by atoms with van der Waals surface area (Å²) in [6, 6.07) is 3.86. The number of aliphatic hydroxyl groups excluding tert-OH is 4. The van der Waals surface area contributed by atoms with Crippen molar-refractivity contribution in [2.75, 3.05) is 32.8 Å². The van der Waals surface area contributed by atoms with Gasteiger partial charge in [0.15, 0.2) is 5.96 Å². The zero-order chi connectivity index (χ0) is 37.0. The zero-order valence-corrected chi connectivity index (χ0v) is 27.0. The number of carbonyl (C=O) groups is 6. The SMILES string of the molecule is NC(N)=NCCC[C@@H]1NC(=O)CN(C[C@H]2O[C@@H](CO)[C@H](O)[C@@H](O)[C@@H]2O)C(=O)[C@@H](Cc2ccccc2)NC(=O)[C@H](CC(=O)O)NC(=O)CNC1=O. The van der Waals surface area contributed by atoms with Crippen LogP contribution in [-0.2, 0) is 39.9 Å². The Morgan fingerprint density at radius 2 is 1.54 bits per heavy atom. The number of rotatable bonds is 11. The van der Waals surface area contributed by atoms with Crippen molar-refractivity contribution < 1.29 is 59.0 Å². The quantitative estimate of drug-likeness (QED) is 0.0579. The molecule has 0 bridgehead atoms. The summed E-state index contributed by atoms with van der Waals surface area (Å²) in [7, 11) is 0. The first-order valence-electron chi connectivity index (χ1n) is 15.8. The lowest BCUT2D eigenvalue weighted by Crippen LogP contribution is -2.63. The number of ether oxygens (including phenoxy) is 1. The number of carboxylic acid groups (broad SMARTS) is 1. The summed E-state index contributed by atoms with van der Waals surface area (Å²) in [5.41, 5.74) is 11.2. The maximum absolute atomic E-state index is 14.3. The number of hydrogen-bond acceptors (Lipinski definition) is 12. The van der Waals surface area contributed by atoms with E-state index in [1.807, 2.05) is 0 Å². The Morgan fingerprint density at radius 1 is 0.880 bits per heavy atom. The molecule has 13 N–H and O–H groups in total. The molecule has 0 saturated carbocycles. The van der Waals surface area contributed by atoms with Crippen LogP contribution >= 0.6 is 0 Å². The summed E-state index contributed by atoms with van der Waals surface area (Å²) in [6.45, 7) is -2.79. The lowest BCUT2D eigenvalue weighted by Gasteiger charge is -2.42. The van der Waals surface area contributed by atoms with Crippen molar-refractivity contribution in [1.82, 2.24) is 26.2 Å². The molecule has 20 nitrogen and oxygen atoms in total. The van der Waals surface area contributed by atoms with Gasteiger partial charge in [0, 0.05) is 13.0 Å². The summed E-state index contributed by atoms with van der Waals surface area (Å²) in [6.07, 6.45) is -9.04. The van der Waals surface area contributed by atoms with Crippen LogP contribution in [0, 0.1) is 0 Å². The van der Waals surface area contributed by atoms with Crippen molar-refractivity contribution in [3.8, 4) is 0 Å². The predicted molar refractivity (Wildman–Crippen MR) is 171 cm³/mol. The molecular formula is C30H44N8O12. The molecule has 2 aliphatic rings. The summed E-state index contributed by atoms with van der Waals surface area (Å²) >= 11 is 0. The molecule has 2 fully saturated rings. The number of aliphatic imine (C=N–C) groups is 1. The predicted octanol–water partition coefficient (Wildman–Crippen LogP) is -5.99. The number of benzene rings is 1. The van der Waals surface area contributed by atoms with Gasteiger partial charge in [-0.25, -0.2) is 0 Å². The summed E-state index contributed by atoms with van der Waals surface area (Å²) in [4.78, 5) is 83.4. The van der Waals surface area contributed by atoms with E-state index in [1.165, 1.54) is 0 Å². The molecule has 2 aliphatic heterocycles. The first-order chi connectivity index (χ1) is 23.7. The molecule has 0 unspecified atom stereocenters. The van der Waals surface area contributed by atoms with Crippen LogP contribution in [0.4, 0.5) is 0 Å². The molecule has 5 amide bonds. The number of carbonyl (C=O) groups excluding carboxylic acids is 5. The van der Waals surface area contributed by atoms with Gasteiger partial charge < -0.3 is 67.9 Å². The Kier molecular flexibility index (Phi) is 14.8. The largest absolute Gasteiger partial charge is 0.481 e. The zero-order valence-electron chi connectivity index (χ0n) is 27.0. The van der Waals surface area contributed by atoms with Gasteiger partial charge in [-0.3, -0.25) is 33.8 Å². The number of carboxylic acids is 1. The molecule has 2 heterocycles. The van der Waals surface area contributed by atoms with Gasteiger partial charge in [-0.1, -0.05) is 30.3 Å². The first kappa shape index (κ1) is 39.5. The minimum absolute atomic E-state index is 0.0328. The van der Waals surface area contributed by atoms with Crippen molar-refractivity contribution in [2.24, 2.45) is 16.5 Å². The van der Waals surface area contributed by atoms with Crippen molar-refractivity contribution in [3.05, 3.63) is 35.9 Å². The van der Waals surface area contributed by atoms with Crippen LogP contribution in [0.15, 0.2) is 35.3 Å². The second-order valence-corrected chi connectivity index (χ2v) is 11.8. The number of guanidine groups is 1. The molecule has 8 atom stereocenters. The van der Waals surface area contributed by atoms with Crippen molar-refractivity contribution in [1.29, 1.82) is 0 Å². The van der Waals surface area contributed by atoms with E-state index in [4.69, 9.17) is 16.2 Å². The van der Waals surface area contributed by atoms with Crippen LogP contribution in [-0.4, -0.2) is 153 Å². The molecule has 3 rings (SSSR count). The van der Waals surface area contributed by atoms with Gasteiger partial charge >= 0.3 is 5.97 Å². The fourth-order valence-corrected chi connectivity index (χ4v) is 5.43.